The fourth-order valence-electron chi connectivity index (χ4n) is 3.54. The van der Waals surface area contributed by atoms with Crippen molar-refractivity contribution in [2.24, 2.45) is 0 Å². The Morgan fingerprint density at radius 2 is 1.51 bits per heavy atom. The van der Waals surface area contributed by atoms with E-state index in [4.69, 9.17) is 18.9 Å². The fraction of sp³-hybridized carbons (Fsp3) is 0.296. The van der Waals surface area contributed by atoms with E-state index in [0.29, 0.717) is 48.3 Å². The summed E-state index contributed by atoms with van der Waals surface area (Å²) < 4.78 is 49.8. The van der Waals surface area contributed by atoms with E-state index in [2.05, 4.69) is 10.0 Å². The van der Waals surface area contributed by atoms with Gasteiger partial charge in [-0.1, -0.05) is 6.07 Å². The molecule has 0 saturated carbocycles. The summed E-state index contributed by atoms with van der Waals surface area (Å²) in [6.07, 6.45) is 0.761. The molecule has 198 valence electrons. The topological polar surface area (TPSA) is 112 Å². The summed E-state index contributed by atoms with van der Waals surface area (Å²) in [7, 11) is -0.926. The predicted molar refractivity (Wildman–Crippen MR) is 143 cm³/mol. The van der Waals surface area contributed by atoms with Gasteiger partial charge in [0.25, 0.3) is 10.0 Å². The first-order valence-corrected chi connectivity index (χ1v) is 13.3. The number of methoxy groups -OCH3 is 2. The van der Waals surface area contributed by atoms with Crippen LogP contribution in [0.1, 0.15) is 25.8 Å². The van der Waals surface area contributed by atoms with Crippen LogP contribution in [0, 0.1) is 0 Å². The molecule has 0 radical (unpaired) electrons. The van der Waals surface area contributed by atoms with Crippen LogP contribution in [0.3, 0.4) is 0 Å². The lowest BCUT2D eigenvalue weighted by atomic mass is 10.1. The Balaban J connectivity index is 1.61. The van der Waals surface area contributed by atoms with E-state index in [1.165, 1.54) is 26.4 Å². The van der Waals surface area contributed by atoms with Gasteiger partial charge >= 0.3 is 0 Å². The van der Waals surface area contributed by atoms with Gasteiger partial charge in [-0.15, -0.1) is 0 Å². The molecule has 3 rings (SSSR count). The molecule has 0 atom stereocenters. The van der Waals surface area contributed by atoms with Crippen LogP contribution in [0.15, 0.2) is 65.6 Å². The number of nitrogens with one attached hydrogen (secondary N) is 2. The quantitative estimate of drug-likeness (QED) is 0.325. The van der Waals surface area contributed by atoms with Crippen LogP contribution in [-0.4, -0.2) is 41.8 Å². The second kappa shape index (κ2) is 12.9. The maximum atomic E-state index is 12.9. The van der Waals surface area contributed by atoms with Crippen LogP contribution in [-0.2, 0) is 21.2 Å². The summed E-state index contributed by atoms with van der Waals surface area (Å²) in [6.45, 7) is 4.86. The SMILES string of the molecule is CCOc1ccc(CCC(=O)Nc2ccc(S(=O)(=O)Nc3ccc(OC)cc3OC)cc2)cc1OCC. The minimum Gasteiger partial charge on any atom is -0.497 e. The second-order valence-electron chi connectivity index (χ2n) is 7.89. The van der Waals surface area contributed by atoms with Gasteiger partial charge in [0.15, 0.2) is 11.5 Å². The first-order chi connectivity index (χ1) is 17.8. The van der Waals surface area contributed by atoms with Gasteiger partial charge in [0, 0.05) is 18.2 Å². The Bertz CT molecular complexity index is 1310. The number of benzene rings is 3. The number of hydrogen-bond acceptors (Lipinski definition) is 7. The van der Waals surface area contributed by atoms with Crippen LogP contribution >= 0.6 is 0 Å². The van der Waals surface area contributed by atoms with Crippen molar-refractivity contribution in [3.8, 4) is 23.0 Å². The smallest absolute Gasteiger partial charge is 0.262 e. The Hall–Kier alpha value is -3.92. The molecule has 0 aliphatic rings. The highest BCUT2D eigenvalue weighted by Crippen LogP contribution is 2.31. The standard InChI is InChI=1S/C27H32N2O7S/c1-5-35-24-15-7-19(17-26(24)36-6-2)8-16-27(30)28-20-9-12-22(13-10-20)37(31,32)29-23-14-11-21(33-3)18-25(23)34-4/h7,9-15,17-18,29H,5-6,8,16H2,1-4H3,(H,28,30). The molecule has 37 heavy (non-hydrogen) atoms. The number of sulfonamides is 1. The van der Waals surface area contributed by atoms with E-state index in [1.54, 1.807) is 30.3 Å². The molecule has 0 aromatic heterocycles. The molecular weight excluding hydrogens is 496 g/mol. The van der Waals surface area contributed by atoms with Gasteiger partial charge in [0.05, 0.1) is 38.0 Å². The van der Waals surface area contributed by atoms with Crippen molar-refractivity contribution in [1.29, 1.82) is 0 Å². The van der Waals surface area contributed by atoms with E-state index in [-0.39, 0.29) is 22.9 Å². The Morgan fingerprint density at radius 3 is 2.16 bits per heavy atom. The highest BCUT2D eigenvalue weighted by Gasteiger charge is 2.17. The molecule has 0 saturated heterocycles. The van der Waals surface area contributed by atoms with Crippen LogP contribution in [0.25, 0.3) is 0 Å². The normalized spacial score (nSPS) is 10.9. The molecule has 0 unspecified atom stereocenters. The Labute approximate surface area is 217 Å². The van der Waals surface area contributed by atoms with Crippen molar-refractivity contribution in [3.63, 3.8) is 0 Å². The molecule has 3 aromatic rings. The van der Waals surface area contributed by atoms with Crippen LogP contribution in [0.5, 0.6) is 23.0 Å². The average molecular weight is 529 g/mol. The summed E-state index contributed by atoms with van der Waals surface area (Å²) in [5, 5.41) is 2.80. The number of amides is 1. The first kappa shape index (κ1) is 27.7. The minimum atomic E-state index is -3.88. The molecule has 0 fully saturated rings. The van der Waals surface area contributed by atoms with E-state index in [1.807, 2.05) is 32.0 Å². The van der Waals surface area contributed by atoms with Crippen molar-refractivity contribution in [2.75, 3.05) is 37.5 Å². The molecule has 0 aliphatic carbocycles. The van der Waals surface area contributed by atoms with E-state index >= 15 is 0 Å². The summed E-state index contributed by atoms with van der Waals surface area (Å²) in [5.74, 6) is 2.00. The number of hydrogen-bond donors (Lipinski definition) is 2. The van der Waals surface area contributed by atoms with Gasteiger partial charge in [0.1, 0.15) is 11.5 Å². The van der Waals surface area contributed by atoms with Gasteiger partial charge in [0.2, 0.25) is 5.91 Å². The van der Waals surface area contributed by atoms with Gasteiger partial charge in [-0.25, -0.2) is 8.42 Å². The van der Waals surface area contributed by atoms with E-state index in [9.17, 15) is 13.2 Å². The molecule has 3 aromatic carbocycles. The van der Waals surface area contributed by atoms with E-state index < -0.39 is 10.0 Å². The molecule has 9 nitrogen and oxygen atoms in total. The molecule has 0 aliphatic heterocycles. The van der Waals surface area contributed by atoms with Crippen molar-refractivity contribution < 1.29 is 32.2 Å². The zero-order valence-electron chi connectivity index (χ0n) is 21.4. The largest absolute Gasteiger partial charge is 0.497 e. The van der Waals surface area contributed by atoms with Crippen molar-refractivity contribution >= 4 is 27.3 Å². The second-order valence-corrected chi connectivity index (χ2v) is 9.57. The van der Waals surface area contributed by atoms with E-state index in [0.717, 1.165) is 5.56 Å². The third kappa shape index (κ3) is 7.53. The summed E-state index contributed by atoms with van der Waals surface area (Å²) in [5.41, 5.74) is 1.72. The maximum absolute atomic E-state index is 12.9. The van der Waals surface area contributed by atoms with Crippen LogP contribution < -0.4 is 29.0 Å². The minimum absolute atomic E-state index is 0.0428. The number of carbonyl (C=O) groups is 1. The Morgan fingerprint density at radius 1 is 0.811 bits per heavy atom. The van der Waals surface area contributed by atoms with Crippen LogP contribution in [0.2, 0.25) is 0 Å². The molecule has 0 spiro atoms. The highest BCUT2D eigenvalue weighted by atomic mass is 32.2. The third-order valence-corrected chi connectivity index (χ3v) is 6.73. The predicted octanol–water partition coefficient (Wildman–Crippen LogP) is 4.87. The molecule has 1 amide bonds. The van der Waals surface area contributed by atoms with Gasteiger partial charge < -0.3 is 24.3 Å². The van der Waals surface area contributed by atoms with Gasteiger partial charge in [-0.3, -0.25) is 9.52 Å². The average Bonchev–Trinajstić information content (AvgIpc) is 2.89. The van der Waals surface area contributed by atoms with Gasteiger partial charge in [-0.05, 0) is 74.4 Å². The number of aryl methyl sites for hydroxylation is 1. The van der Waals surface area contributed by atoms with Crippen molar-refractivity contribution in [1.82, 2.24) is 0 Å². The fourth-order valence-corrected chi connectivity index (χ4v) is 4.61. The molecular formula is C27H32N2O7S. The lowest BCUT2D eigenvalue weighted by molar-refractivity contribution is -0.116. The van der Waals surface area contributed by atoms with Gasteiger partial charge in [-0.2, -0.15) is 0 Å². The molecule has 0 bridgehead atoms. The Kier molecular flexibility index (Phi) is 9.62. The molecule has 0 heterocycles. The lowest BCUT2D eigenvalue weighted by Crippen LogP contribution is -2.15. The molecule has 10 heteroatoms. The third-order valence-electron chi connectivity index (χ3n) is 5.35. The summed E-state index contributed by atoms with van der Waals surface area (Å²) in [6, 6.07) is 16.3. The maximum Gasteiger partial charge on any atom is 0.262 e. The highest BCUT2D eigenvalue weighted by molar-refractivity contribution is 7.92. The summed E-state index contributed by atoms with van der Waals surface area (Å²) >= 11 is 0. The number of ether oxygens (including phenoxy) is 4. The summed E-state index contributed by atoms with van der Waals surface area (Å²) in [4.78, 5) is 12.5. The monoisotopic (exact) mass is 528 g/mol. The zero-order chi connectivity index (χ0) is 26.8. The molecule has 2 N–H and O–H groups in total. The number of carbonyl (C=O) groups excluding carboxylic acids is 1. The van der Waals surface area contributed by atoms with Crippen LogP contribution in [0.4, 0.5) is 11.4 Å². The first-order valence-electron chi connectivity index (χ1n) is 11.8. The number of anilines is 2. The zero-order valence-corrected chi connectivity index (χ0v) is 22.2. The lowest BCUT2D eigenvalue weighted by Gasteiger charge is -2.13. The van der Waals surface area contributed by atoms with Crippen molar-refractivity contribution in [2.45, 2.75) is 31.6 Å². The van der Waals surface area contributed by atoms with Crippen molar-refractivity contribution in [3.05, 3.63) is 66.2 Å². The number of rotatable bonds is 13.